The number of rotatable bonds is 6. The van der Waals surface area contributed by atoms with Gasteiger partial charge in [-0.2, -0.15) is 5.26 Å². The van der Waals surface area contributed by atoms with E-state index in [1.165, 1.54) is 0 Å². The molecule has 0 unspecified atom stereocenters. The average molecular weight is 238 g/mol. The molecule has 0 aromatic carbocycles. The lowest BCUT2D eigenvalue weighted by molar-refractivity contribution is -0.0241. The van der Waals surface area contributed by atoms with Crippen LogP contribution in [0.15, 0.2) is 0 Å². The third-order valence-corrected chi connectivity index (χ3v) is 3.88. The molecule has 1 aliphatic carbocycles. The summed E-state index contributed by atoms with van der Waals surface area (Å²) >= 11 is 0. The van der Waals surface area contributed by atoms with Crippen molar-refractivity contribution in [2.24, 2.45) is 5.41 Å². The van der Waals surface area contributed by atoms with Crippen LogP contribution in [0.25, 0.3) is 0 Å². The maximum atomic E-state index is 10.4. The van der Waals surface area contributed by atoms with Crippen molar-refractivity contribution >= 4 is 0 Å². The van der Waals surface area contributed by atoms with Crippen LogP contribution in [0, 0.1) is 16.7 Å². The first-order chi connectivity index (χ1) is 7.97. The molecule has 0 saturated heterocycles. The second-order valence-corrected chi connectivity index (χ2v) is 6.18. The molecule has 1 fully saturated rings. The van der Waals surface area contributed by atoms with E-state index in [4.69, 9.17) is 5.26 Å². The van der Waals surface area contributed by atoms with Gasteiger partial charge in [0.15, 0.2) is 0 Å². The van der Waals surface area contributed by atoms with Crippen molar-refractivity contribution in [1.82, 2.24) is 5.32 Å². The van der Waals surface area contributed by atoms with E-state index in [-0.39, 0.29) is 0 Å². The Labute approximate surface area is 105 Å². The molecule has 0 amide bonds. The highest BCUT2D eigenvalue weighted by Crippen LogP contribution is 2.39. The third kappa shape index (κ3) is 5.52. The molecule has 2 N–H and O–H groups in total. The number of aliphatic hydroxyl groups is 1. The zero-order valence-corrected chi connectivity index (χ0v) is 11.3. The summed E-state index contributed by atoms with van der Waals surface area (Å²) in [6.45, 7) is 6.17. The Morgan fingerprint density at radius 2 is 1.82 bits per heavy atom. The van der Waals surface area contributed by atoms with E-state index in [0.717, 1.165) is 45.1 Å². The van der Waals surface area contributed by atoms with Gasteiger partial charge in [-0.25, -0.2) is 0 Å². The van der Waals surface area contributed by atoms with Crippen LogP contribution >= 0.6 is 0 Å². The van der Waals surface area contributed by atoms with E-state index in [1.54, 1.807) is 0 Å². The van der Waals surface area contributed by atoms with Crippen molar-refractivity contribution in [3.63, 3.8) is 0 Å². The Bertz CT molecular complexity index is 258. The minimum atomic E-state index is -0.495. The zero-order chi connectivity index (χ0) is 12.8. The molecule has 1 rings (SSSR count). The van der Waals surface area contributed by atoms with Gasteiger partial charge in [0.25, 0.3) is 0 Å². The van der Waals surface area contributed by atoms with Crippen LogP contribution in [0.5, 0.6) is 0 Å². The fourth-order valence-corrected chi connectivity index (χ4v) is 2.34. The lowest BCUT2D eigenvalue weighted by Crippen LogP contribution is -2.45. The molecule has 0 aromatic heterocycles. The standard InChI is InChI=1S/C14H26N2O/c1-13(2)6-8-14(17,9-7-13)12-16-11-5-3-4-10-15/h16-17H,3-9,11-12H2,1-2H3. The summed E-state index contributed by atoms with van der Waals surface area (Å²) in [5.41, 5.74) is -0.0935. The molecule has 3 heteroatoms. The van der Waals surface area contributed by atoms with Crippen molar-refractivity contribution in [2.45, 2.75) is 64.4 Å². The molecule has 0 bridgehead atoms. The monoisotopic (exact) mass is 238 g/mol. The van der Waals surface area contributed by atoms with Crippen LogP contribution in [0.1, 0.15) is 58.8 Å². The van der Waals surface area contributed by atoms with E-state index in [1.807, 2.05) is 0 Å². The molecule has 1 saturated carbocycles. The Hall–Kier alpha value is -0.590. The molecule has 0 spiro atoms. The largest absolute Gasteiger partial charge is 0.389 e. The highest BCUT2D eigenvalue weighted by molar-refractivity contribution is 4.90. The van der Waals surface area contributed by atoms with Crippen LogP contribution in [-0.4, -0.2) is 23.8 Å². The Morgan fingerprint density at radius 3 is 2.41 bits per heavy atom. The molecule has 0 aliphatic heterocycles. The lowest BCUT2D eigenvalue weighted by atomic mass is 9.71. The maximum absolute atomic E-state index is 10.4. The third-order valence-electron chi connectivity index (χ3n) is 3.88. The van der Waals surface area contributed by atoms with Gasteiger partial charge in [-0.05, 0) is 50.5 Å². The van der Waals surface area contributed by atoms with E-state index < -0.39 is 5.60 Å². The van der Waals surface area contributed by atoms with Gasteiger partial charge in [-0.15, -0.1) is 0 Å². The summed E-state index contributed by atoms with van der Waals surface area (Å²) in [6, 6.07) is 2.15. The number of nitrogens with one attached hydrogen (secondary N) is 1. The number of unbranched alkanes of at least 4 members (excludes halogenated alkanes) is 2. The van der Waals surface area contributed by atoms with E-state index in [9.17, 15) is 5.11 Å². The summed E-state index contributed by atoms with van der Waals surface area (Å²) in [6.07, 6.45) is 6.65. The molecule has 0 atom stereocenters. The first-order valence-electron chi connectivity index (χ1n) is 6.78. The van der Waals surface area contributed by atoms with Crippen LogP contribution in [-0.2, 0) is 0 Å². The van der Waals surface area contributed by atoms with Crippen molar-refractivity contribution in [2.75, 3.05) is 13.1 Å². The quantitative estimate of drug-likeness (QED) is 0.699. The smallest absolute Gasteiger partial charge is 0.0772 e. The van der Waals surface area contributed by atoms with Gasteiger partial charge in [-0.1, -0.05) is 13.8 Å². The predicted molar refractivity (Wildman–Crippen MR) is 69.5 cm³/mol. The predicted octanol–water partition coefficient (Wildman–Crippen LogP) is 2.60. The topological polar surface area (TPSA) is 56.0 Å². The first kappa shape index (κ1) is 14.5. The van der Waals surface area contributed by atoms with Crippen LogP contribution < -0.4 is 5.32 Å². The van der Waals surface area contributed by atoms with Gasteiger partial charge >= 0.3 is 0 Å². The fourth-order valence-electron chi connectivity index (χ4n) is 2.34. The minimum absolute atomic E-state index is 0.402. The highest BCUT2D eigenvalue weighted by atomic mass is 16.3. The van der Waals surface area contributed by atoms with Gasteiger partial charge in [0.1, 0.15) is 0 Å². The molecule has 17 heavy (non-hydrogen) atoms. The summed E-state index contributed by atoms with van der Waals surface area (Å²) < 4.78 is 0. The second-order valence-electron chi connectivity index (χ2n) is 6.18. The summed E-state index contributed by atoms with van der Waals surface area (Å²) in [5, 5.41) is 22.1. The zero-order valence-electron chi connectivity index (χ0n) is 11.3. The number of hydrogen-bond acceptors (Lipinski definition) is 3. The minimum Gasteiger partial charge on any atom is -0.389 e. The van der Waals surface area contributed by atoms with Gasteiger partial charge in [0, 0.05) is 13.0 Å². The van der Waals surface area contributed by atoms with Crippen molar-refractivity contribution in [3.8, 4) is 6.07 Å². The second kappa shape index (κ2) is 6.37. The number of nitriles is 1. The number of hydrogen-bond donors (Lipinski definition) is 2. The lowest BCUT2D eigenvalue weighted by Gasteiger charge is -2.40. The average Bonchev–Trinajstić information content (AvgIpc) is 2.28. The Balaban J connectivity index is 2.12. The van der Waals surface area contributed by atoms with Crippen LogP contribution in [0.3, 0.4) is 0 Å². The van der Waals surface area contributed by atoms with Gasteiger partial charge in [0.2, 0.25) is 0 Å². The van der Waals surface area contributed by atoms with Gasteiger partial charge < -0.3 is 10.4 Å². The van der Waals surface area contributed by atoms with E-state index in [0.29, 0.717) is 18.4 Å². The van der Waals surface area contributed by atoms with E-state index >= 15 is 0 Å². The summed E-state index contributed by atoms with van der Waals surface area (Å²) in [4.78, 5) is 0. The molecule has 0 radical (unpaired) electrons. The SMILES string of the molecule is CC1(C)CCC(O)(CNCCCCC#N)CC1. The highest BCUT2D eigenvalue weighted by Gasteiger charge is 2.36. The molecular weight excluding hydrogens is 212 g/mol. The van der Waals surface area contributed by atoms with Crippen molar-refractivity contribution in [3.05, 3.63) is 0 Å². The number of nitrogens with zero attached hydrogens (tertiary/aromatic N) is 1. The molecular formula is C14H26N2O. The fraction of sp³-hybridized carbons (Fsp3) is 0.929. The summed E-state index contributed by atoms with van der Waals surface area (Å²) in [5.74, 6) is 0. The van der Waals surface area contributed by atoms with Crippen molar-refractivity contribution in [1.29, 1.82) is 5.26 Å². The van der Waals surface area contributed by atoms with Crippen molar-refractivity contribution < 1.29 is 5.11 Å². The first-order valence-corrected chi connectivity index (χ1v) is 6.78. The maximum Gasteiger partial charge on any atom is 0.0772 e. The van der Waals surface area contributed by atoms with Gasteiger partial charge in [-0.3, -0.25) is 0 Å². The molecule has 0 aromatic rings. The Kier molecular flexibility index (Phi) is 5.42. The van der Waals surface area contributed by atoms with Crippen LogP contribution in [0.2, 0.25) is 0 Å². The summed E-state index contributed by atoms with van der Waals surface area (Å²) in [7, 11) is 0. The molecule has 98 valence electrons. The van der Waals surface area contributed by atoms with Crippen LogP contribution in [0.4, 0.5) is 0 Å². The normalized spacial score (nSPS) is 22.0. The van der Waals surface area contributed by atoms with Gasteiger partial charge in [0.05, 0.1) is 11.7 Å². The molecule has 1 aliphatic rings. The van der Waals surface area contributed by atoms with E-state index in [2.05, 4.69) is 25.2 Å². The molecule has 0 heterocycles. The molecule has 3 nitrogen and oxygen atoms in total. The Morgan fingerprint density at radius 1 is 1.18 bits per heavy atom.